The molecule has 0 aliphatic heterocycles. The number of carbonyl (C=O) groups is 1. The van der Waals surface area contributed by atoms with E-state index >= 15 is 0 Å². The van der Waals surface area contributed by atoms with Gasteiger partial charge in [0.05, 0.1) is 12.3 Å². The number of esters is 1. The summed E-state index contributed by atoms with van der Waals surface area (Å²) in [5.41, 5.74) is 5.96. The first kappa shape index (κ1) is 15.4. The van der Waals surface area contributed by atoms with E-state index in [4.69, 9.17) is 10.5 Å². The molecule has 0 saturated carbocycles. The predicted molar refractivity (Wildman–Crippen MR) is 68.8 cm³/mol. The molecule has 0 saturated heterocycles. The number of nitrogens with one attached hydrogen (secondary N) is 1. The Hall–Kier alpha value is -1.61. The summed E-state index contributed by atoms with van der Waals surface area (Å²) in [6.45, 7) is 4.80. The Kier molecular flexibility index (Phi) is 4.53. The van der Waals surface area contributed by atoms with Crippen LogP contribution in [0, 0.1) is 6.92 Å². The van der Waals surface area contributed by atoms with Gasteiger partial charge in [0.1, 0.15) is 10.9 Å². The van der Waals surface area contributed by atoms with Gasteiger partial charge in [0, 0.05) is 7.05 Å². The van der Waals surface area contributed by atoms with Gasteiger partial charge in [-0.25, -0.2) is 8.42 Å². The number of nitrogen functional groups attached to an aromatic ring is 1. The van der Waals surface area contributed by atoms with Gasteiger partial charge in [-0.2, -0.15) is 9.82 Å². The second kappa shape index (κ2) is 5.57. The smallest absolute Gasteiger partial charge is 0.323 e. The molecule has 8 nitrogen and oxygen atoms in total. The van der Waals surface area contributed by atoms with Crippen molar-refractivity contribution in [3.05, 3.63) is 5.69 Å². The Morgan fingerprint density at radius 3 is 2.58 bits per heavy atom. The van der Waals surface area contributed by atoms with Crippen molar-refractivity contribution in [2.45, 2.75) is 31.7 Å². The lowest BCUT2D eigenvalue weighted by Gasteiger charge is -2.13. The number of carbonyl (C=O) groups excluding carboxylic acids is 1. The number of anilines is 1. The largest absolute Gasteiger partial charge is 0.465 e. The molecule has 0 spiro atoms. The van der Waals surface area contributed by atoms with Crippen LogP contribution in [0.1, 0.15) is 19.5 Å². The number of sulfonamides is 1. The highest BCUT2D eigenvalue weighted by Crippen LogP contribution is 2.21. The van der Waals surface area contributed by atoms with Crippen LogP contribution in [0.15, 0.2) is 4.90 Å². The molecule has 1 aromatic heterocycles. The molecule has 1 aromatic rings. The lowest BCUT2D eigenvalue weighted by Crippen LogP contribution is -2.39. The van der Waals surface area contributed by atoms with Crippen molar-refractivity contribution < 1.29 is 17.9 Å². The van der Waals surface area contributed by atoms with Crippen LogP contribution >= 0.6 is 0 Å². The molecule has 0 aliphatic carbocycles. The van der Waals surface area contributed by atoms with E-state index in [1.807, 2.05) is 0 Å². The Morgan fingerprint density at radius 1 is 1.58 bits per heavy atom. The van der Waals surface area contributed by atoms with E-state index < -0.39 is 22.0 Å². The van der Waals surface area contributed by atoms with Crippen LogP contribution in [0.2, 0.25) is 0 Å². The maximum Gasteiger partial charge on any atom is 0.323 e. The van der Waals surface area contributed by atoms with Crippen molar-refractivity contribution in [1.82, 2.24) is 14.5 Å². The number of nitrogens with zero attached hydrogens (tertiary/aromatic N) is 2. The monoisotopic (exact) mass is 290 g/mol. The molecule has 9 heteroatoms. The van der Waals surface area contributed by atoms with Gasteiger partial charge in [-0.05, 0) is 20.8 Å². The number of aryl methyl sites for hydroxylation is 1. The van der Waals surface area contributed by atoms with Crippen LogP contribution in [-0.4, -0.2) is 36.8 Å². The van der Waals surface area contributed by atoms with Gasteiger partial charge >= 0.3 is 5.97 Å². The molecular formula is C10H18N4O4S. The molecule has 0 aromatic carbocycles. The Balaban J connectivity index is 3.02. The Bertz CT molecular complexity index is 579. The van der Waals surface area contributed by atoms with Gasteiger partial charge < -0.3 is 10.5 Å². The van der Waals surface area contributed by atoms with Gasteiger partial charge in [0.25, 0.3) is 0 Å². The van der Waals surface area contributed by atoms with Crippen LogP contribution < -0.4 is 10.5 Å². The topological polar surface area (TPSA) is 116 Å². The highest BCUT2D eigenvalue weighted by molar-refractivity contribution is 7.89. The van der Waals surface area contributed by atoms with E-state index in [1.165, 1.54) is 11.6 Å². The summed E-state index contributed by atoms with van der Waals surface area (Å²) in [5.74, 6) is -0.755. The first-order valence-electron chi connectivity index (χ1n) is 5.68. The number of ether oxygens (including phenoxy) is 1. The van der Waals surface area contributed by atoms with Crippen molar-refractivity contribution in [3.8, 4) is 0 Å². The van der Waals surface area contributed by atoms with E-state index in [9.17, 15) is 13.2 Å². The lowest BCUT2D eigenvalue weighted by atomic mass is 10.4. The maximum atomic E-state index is 12.2. The molecule has 0 bridgehead atoms. The van der Waals surface area contributed by atoms with Gasteiger partial charge in [-0.3, -0.25) is 9.48 Å². The SMILES string of the molecule is CCOC(=O)C(C)NS(=O)(=O)c1c(N)nn(C)c1C. The predicted octanol–water partition coefficient (Wildman–Crippen LogP) is -0.459. The molecular weight excluding hydrogens is 272 g/mol. The van der Waals surface area contributed by atoms with Gasteiger partial charge in [-0.15, -0.1) is 0 Å². The second-order valence-corrected chi connectivity index (χ2v) is 5.67. The first-order valence-corrected chi connectivity index (χ1v) is 7.17. The lowest BCUT2D eigenvalue weighted by molar-refractivity contribution is -0.144. The molecule has 108 valence electrons. The van der Waals surface area contributed by atoms with Crippen molar-refractivity contribution in [3.63, 3.8) is 0 Å². The van der Waals surface area contributed by atoms with Crippen LogP contribution in [0.4, 0.5) is 5.82 Å². The van der Waals surface area contributed by atoms with E-state index in [0.29, 0.717) is 5.69 Å². The maximum absolute atomic E-state index is 12.2. The summed E-state index contributed by atoms with van der Waals surface area (Å²) in [5, 5.41) is 3.82. The van der Waals surface area contributed by atoms with Crippen LogP contribution in [0.3, 0.4) is 0 Å². The van der Waals surface area contributed by atoms with Gasteiger partial charge in [0.2, 0.25) is 10.0 Å². The number of rotatable bonds is 5. The van der Waals surface area contributed by atoms with Gasteiger partial charge in [0.15, 0.2) is 5.82 Å². The molecule has 0 aliphatic rings. The molecule has 1 atom stereocenters. The third-order valence-electron chi connectivity index (χ3n) is 2.55. The Labute approximate surface area is 112 Å². The molecule has 0 amide bonds. The fourth-order valence-electron chi connectivity index (χ4n) is 1.55. The van der Waals surface area contributed by atoms with E-state index in [-0.39, 0.29) is 17.3 Å². The fourth-order valence-corrected chi connectivity index (χ4v) is 3.07. The number of nitrogens with two attached hydrogens (primary N) is 1. The minimum absolute atomic E-state index is 0.108. The summed E-state index contributed by atoms with van der Waals surface area (Å²) in [7, 11) is -2.34. The summed E-state index contributed by atoms with van der Waals surface area (Å²) >= 11 is 0. The zero-order valence-corrected chi connectivity index (χ0v) is 12.1. The minimum Gasteiger partial charge on any atom is -0.465 e. The summed E-state index contributed by atoms with van der Waals surface area (Å²) in [4.78, 5) is 11.3. The standard InChI is InChI=1S/C10H18N4O4S/c1-5-18-10(15)6(2)13-19(16,17)8-7(3)14(4)12-9(8)11/h6,13H,5H2,1-4H3,(H2,11,12). The van der Waals surface area contributed by atoms with Crippen molar-refractivity contribution >= 4 is 21.8 Å². The average molecular weight is 290 g/mol. The molecule has 1 unspecified atom stereocenters. The number of aromatic nitrogens is 2. The third-order valence-corrected chi connectivity index (χ3v) is 4.25. The average Bonchev–Trinajstić information content (AvgIpc) is 2.52. The van der Waals surface area contributed by atoms with Crippen molar-refractivity contribution in [2.75, 3.05) is 12.3 Å². The molecule has 3 N–H and O–H groups in total. The minimum atomic E-state index is -3.92. The van der Waals surface area contributed by atoms with Crippen molar-refractivity contribution in [2.24, 2.45) is 7.05 Å². The number of hydrogen-bond donors (Lipinski definition) is 2. The third kappa shape index (κ3) is 3.24. The Morgan fingerprint density at radius 2 is 2.16 bits per heavy atom. The molecule has 0 fully saturated rings. The van der Waals surface area contributed by atoms with Gasteiger partial charge in [-0.1, -0.05) is 0 Å². The van der Waals surface area contributed by atoms with E-state index in [0.717, 1.165) is 0 Å². The van der Waals surface area contributed by atoms with Crippen LogP contribution in [-0.2, 0) is 26.6 Å². The normalized spacial score (nSPS) is 13.3. The molecule has 1 rings (SSSR count). The quantitative estimate of drug-likeness (QED) is 0.709. The first-order chi connectivity index (χ1) is 8.70. The fraction of sp³-hybridized carbons (Fsp3) is 0.600. The van der Waals surface area contributed by atoms with Crippen molar-refractivity contribution in [1.29, 1.82) is 0 Å². The number of hydrogen-bond acceptors (Lipinski definition) is 6. The van der Waals surface area contributed by atoms with Crippen LogP contribution in [0.5, 0.6) is 0 Å². The molecule has 1 heterocycles. The zero-order chi connectivity index (χ0) is 14.8. The molecule has 0 radical (unpaired) electrons. The van der Waals surface area contributed by atoms with E-state index in [1.54, 1.807) is 20.9 Å². The summed E-state index contributed by atoms with van der Waals surface area (Å²) in [6.07, 6.45) is 0. The summed E-state index contributed by atoms with van der Waals surface area (Å²) in [6, 6.07) is -0.996. The highest BCUT2D eigenvalue weighted by Gasteiger charge is 2.28. The van der Waals surface area contributed by atoms with E-state index in [2.05, 4.69) is 9.82 Å². The second-order valence-electron chi connectivity index (χ2n) is 4.02. The highest BCUT2D eigenvalue weighted by atomic mass is 32.2. The molecule has 19 heavy (non-hydrogen) atoms. The van der Waals surface area contributed by atoms with Crippen LogP contribution in [0.25, 0.3) is 0 Å². The summed E-state index contributed by atoms with van der Waals surface area (Å²) < 4.78 is 32.6. The zero-order valence-electron chi connectivity index (χ0n) is 11.3.